The van der Waals surface area contributed by atoms with Gasteiger partial charge in [0.2, 0.25) is 14.9 Å². The fourth-order valence-electron chi connectivity index (χ4n) is 2.43. The van der Waals surface area contributed by atoms with Crippen LogP contribution in [0.3, 0.4) is 0 Å². The van der Waals surface area contributed by atoms with Crippen LogP contribution in [0.25, 0.3) is 15.9 Å². The third-order valence-corrected chi connectivity index (χ3v) is 6.74. The van der Waals surface area contributed by atoms with Crippen molar-refractivity contribution >= 4 is 48.8 Å². The predicted octanol–water partition coefficient (Wildman–Crippen LogP) is 5.72. The molecule has 3 aromatic heterocycles. The van der Waals surface area contributed by atoms with Crippen LogP contribution in [0.1, 0.15) is 12.5 Å². The fraction of sp³-hybridized carbons (Fsp3) is 0.136. The van der Waals surface area contributed by atoms with Gasteiger partial charge in [-0.15, -0.1) is 28.2 Å². The summed E-state index contributed by atoms with van der Waals surface area (Å²) in [5.74, 6) is 0. The molecule has 0 saturated carbocycles. The number of hydrogen-bond donors (Lipinski definition) is 0. The molecule has 4 aromatic rings. The van der Waals surface area contributed by atoms with Gasteiger partial charge in [0.15, 0.2) is 5.65 Å². The highest BCUT2D eigenvalue weighted by Gasteiger charge is 2.26. The quantitative estimate of drug-likeness (QED) is 0.354. The highest BCUT2D eigenvalue weighted by molar-refractivity contribution is 8.01. The highest BCUT2D eigenvalue weighted by atomic mass is 32.2. The number of fused-ring (bicyclic) bond motifs is 3. The smallest absolute Gasteiger partial charge is 0.229 e. The van der Waals surface area contributed by atoms with E-state index in [1.807, 2.05) is 49.8 Å². The van der Waals surface area contributed by atoms with Crippen LogP contribution in [-0.2, 0) is 9.84 Å². The average Bonchev–Trinajstić information content (AvgIpc) is 3.41. The summed E-state index contributed by atoms with van der Waals surface area (Å²) in [5, 5.41) is 12.3. The zero-order chi connectivity index (χ0) is 22.9. The topological polar surface area (TPSA) is 77.2 Å². The van der Waals surface area contributed by atoms with Gasteiger partial charge >= 0.3 is 0 Å². The number of sulfone groups is 1. The number of thiophene rings is 1. The van der Waals surface area contributed by atoms with Crippen molar-refractivity contribution in [1.82, 2.24) is 19.8 Å². The molecule has 0 aliphatic carbocycles. The van der Waals surface area contributed by atoms with Gasteiger partial charge in [0, 0.05) is 11.6 Å². The zero-order valence-electron chi connectivity index (χ0n) is 17.6. The van der Waals surface area contributed by atoms with Crippen molar-refractivity contribution in [2.75, 3.05) is 6.26 Å². The second-order valence-corrected chi connectivity index (χ2v) is 9.62. The Morgan fingerprint density at radius 1 is 1.23 bits per heavy atom. The molecule has 0 saturated heterocycles. The Morgan fingerprint density at radius 3 is 2.55 bits per heavy atom. The van der Waals surface area contributed by atoms with Gasteiger partial charge in [0.05, 0.1) is 4.90 Å². The van der Waals surface area contributed by atoms with E-state index in [-0.39, 0.29) is 15.6 Å². The minimum absolute atomic E-state index is 0.117. The lowest BCUT2D eigenvalue weighted by atomic mass is 10.2. The van der Waals surface area contributed by atoms with Gasteiger partial charge in [-0.1, -0.05) is 48.7 Å². The summed E-state index contributed by atoms with van der Waals surface area (Å²) in [6.07, 6.45) is 9.19. The van der Waals surface area contributed by atoms with Crippen molar-refractivity contribution in [2.45, 2.75) is 23.8 Å². The summed E-state index contributed by atoms with van der Waals surface area (Å²) in [6, 6.07) is 8.62. The van der Waals surface area contributed by atoms with Crippen LogP contribution >= 0.6 is 23.1 Å². The largest absolute Gasteiger partial charge is 0.234 e. The number of thioether (sulfide) groups is 1. The molecular weight excluding hydrogens is 448 g/mol. The number of allylic oxidation sites excluding steroid dienone is 3. The van der Waals surface area contributed by atoms with Crippen molar-refractivity contribution in [2.24, 2.45) is 0 Å². The second-order valence-electron chi connectivity index (χ2n) is 6.05. The molecule has 31 heavy (non-hydrogen) atoms. The first kappa shape index (κ1) is 24.5. The molecule has 0 bridgehead atoms. The van der Waals surface area contributed by atoms with Crippen LogP contribution in [0.15, 0.2) is 88.6 Å². The van der Waals surface area contributed by atoms with E-state index in [1.165, 1.54) is 15.9 Å². The summed E-state index contributed by atoms with van der Waals surface area (Å²) in [7, 11) is -3.75. The first-order valence-electron chi connectivity index (χ1n) is 9.17. The Bertz CT molecular complexity index is 1300. The van der Waals surface area contributed by atoms with Crippen LogP contribution in [0.5, 0.6) is 0 Å². The lowest BCUT2D eigenvalue weighted by Gasteiger charge is -2.02. The maximum Gasteiger partial charge on any atom is 0.229 e. The Hall–Kier alpha value is -2.75. The first-order chi connectivity index (χ1) is 14.9. The van der Waals surface area contributed by atoms with Gasteiger partial charge in [0.1, 0.15) is 4.83 Å². The molecule has 0 aliphatic rings. The van der Waals surface area contributed by atoms with Crippen molar-refractivity contribution in [3.05, 3.63) is 84.3 Å². The van der Waals surface area contributed by atoms with Gasteiger partial charge in [0.25, 0.3) is 0 Å². The zero-order valence-corrected chi connectivity index (χ0v) is 20.0. The molecular formula is C22H24N4O2S3. The molecule has 0 spiro atoms. The molecule has 162 valence electrons. The second kappa shape index (κ2) is 11.6. The van der Waals surface area contributed by atoms with Gasteiger partial charge in [-0.3, -0.25) is 0 Å². The van der Waals surface area contributed by atoms with Crippen LogP contribution in [-0.4, -0.2) is 34.5 Å². The minimum Gasteiger partial charge on any atom is -0.234 e. The maximum atomic E-state index is 12.8. The normalized spacial score (nSPS) is 10.9. The Balaban J connectivity index is 0.000000325. The van der Waals surface area contributed by atoms with Crippen LogP contribution in [0.2, 0.25) is 0 Å². The summed E-state index contributed by atoms with van der Waals surface area (Å²) in [6.45, 7) is 10.7. The van der Waals surface area contributed by atoms with Crippen LogP contribution < -0.4 is 0 Å². The summed E-state index contributed by atoms with van der Waals surface area (Å²) in [5.41, 5.74) is 1.11. The van der Waals surface area contributed by atoms with Gasteiger partial charge in [-0.25, -0.2) is 13.4 Å². The van der Waals surface area contributed by atoms with Crippen molar-refractivity contribution in [3.63, 3.8) is 0 Å². The Kier molecular flexibility index (Phi) is 9.17. The van der Waals surface area contributed by atoms with E-state index in [2.05, 4.69) is 28.5 Å². The van der Waals surface area contributed by atoms with E-state index in [9.17, 15) is 8.42 Å². The number of benzene rings is 1. The molecule has 0 N–H and O–H groups in total. The van der Waals surface area contributed by atoms with Crippen molar-refractivity contribution in [3.8, 4) is 0 Å². The molecule has 0 atom stereocenters. The monoisotopic (exact) mass is 472 g/mol. The molecule has 0 amide bonds. The molecule has 0 radical (unpaired) electrons. The van der Waals surface area contributed by atoms with E-state index in [4.69, 9.17) is 0 Å². The van der Waals surface area contributed by atoms with Gasteiger partial charge in [-0.2, -0.15) is 4.52 Å². The average molecular weight is 473 g/mol. The fourth-order valence-corrected chi connectivity index (χ4v) is 4.59. The number of rotatable bonds is 4. The molecule has 0 aliphatic heterocycles. The predicted molar refractivity (Wildman–Crippen MR) is 132 cm³/mol. The molecule has 4 rings (SSSR count). The lowest BCUT2D eigenvalue weighted by molar-refractivity contribution is 0.592. The number of hydrogen-bond acceptors (Lipinski definition) is 7. The standard InChI is InChI=1S/C14H10N4O2S2.C5H8.C3H6S/c1-9-3-2-4-11(7-9)22(19,20)13-12-15-8-10-5-6-21-14(10)18(12)17-16-13;1-3-5-4-2;1-3-4-2/h2-8H,1H3;3-5H,1H2,2H3;3H,1H2,2H3/b;5-4-;. The SMILES string of the molecule is C=C/C=C\C.C=CSC.Cc1cccc(S(=O)(=O)c2nnn3c2ncc2ccsc23)c1. The van der Waals surface area contributed by atoms with Crippen molar-refractivity contribution < 1.29 is 8.42 Å². The van der Waals surface area contributed by atoms with Gasteiger partial charge in [-0.05, 0) is 54.7 Å². The Morgan fingerprint density at radius 2 is 1.97 bits per heavy atom. The molecule has 0 fully saturated rings. The van der Waals surface area contributed by atoms with E-state index < -0.39 is 9.84 Å². The highest BCUT2D eigenvalue weighted by Crippen LogP contribution is 2.26. The van der Waals surface area contributed by atoms with Gasteiger partial charge < -0.3 is 0 Å². The van der Waals surface area contributed by atoms with E-state index in [0.717, 1.165) is 15.8 Å². The first-order valence-corrected chi connectivity index (χ1v) is 12.8. The number of aromatic nitrogens is 4. The molecule has 6 nitrogen and oxygen atoms in total. The van der Waals surface area contributed by atoms with E-state index >= 15 is 0 Å². The molecule has 1 aromatic carbocycles. The Labute approximate surface area is 191 Å². The molecule has 9 heteroatoms. The van der Waals surface area contributed by atoms with E-state index in [1.54, 1.807) is 47.6 Å². The third-order valence-electron chi connectivity index (χ3n) is 3.86. The summed E-state index contributed by atoms with van der Waals surface area (Å²) < 4.78 is 27.0. The third kappa shape index (κ3) is 5.90. The van der Waals surface area contributed by atoms with E-state index in [0.29, 0.717) is 0 Å². The van der Waals surface area contributed by atoms with Crippen LogP contribution in [0, 0.1) is 6.92 Å². The summed E-state index contributed by atoms with van der Waals surface area (Å²) in [4.78, 5) is 5.24. The maximum absolute atomic E-state index is 12.8. The molecule has 0 unspecified atom stereocenters. The van der Waals surface area contributed by atoms with Crippen molar-refractivity contribution in [1.29, 1.82) is 0 Å². The lowest BCUT2D eigenvalue weighted by Crippen LogP contribution is -2.04. The van der Waals surface area contributed by atoms with Crippen LogP contribution in [0.4, 0.5) is 0 Å². The minimum atomic E-state index is -3.75. The number of nitrogens with zero attached hydrogens (tertiary/aromatic N) is 4. The summed E-state index contributed by atoms with van der Waals surface area (Å²) >= 11 is 3.09. The number of aryl methyl sites for hydroxylation is 1. The molecule has 3 heterocycles.